The molecule has 0 bridgehead atoms. The Morgan fingerprint density at radius 1 is 1.00 bits per heavy atom. The lowest BCUT2D eigenvalue weighted by molar-refractivity contribution is 0.0743. The monoisotopic (exact) mass is 333 g/mol. The molecule has 0 aliphatic rings. The van der Waals surface area contributed by atoms with Crippen molar-refractivity contribution in [3.05, 3.63) is 89.7 Å². The molecule has 1 amide bonds. The van der Waals surface area contributed by atoms with E-state index < -0.39 is 0 Å². The van der Waals surface area contributed by atoms with Crippen molar-refractivity contribution < 1.29 is 4.79 Å². The number of nitrogens with zero attached hydrogens (tertiary/aromatic N) is 3. The van der Waals surface area contributed by atoms with Gasteiger partial charge in [-0.05, 0) is 35.7 Å². The van der Waals surface area contributed by atoms with Gasteiger partial charge in [0, 0.05) is 31.0 Å². The highest BCUT2D eigenvalue weighted by Crippen LogP contribution is 2.12. The number of carbonyl (C=O) groups is 1. The van der Waals surface area contributed by atoms with E-state index in [4.69, 9.17) is 0 Å². The molecule has 0 radical (unpaired) electrons. The van der Waals surface area contributed by atoms with Crippen molar-refractivity contribution in [2.24, 2.45) is 0 Å². The Labute approximate surface area is 148 Å². The summed E-state index contributed by atoms with van der Waals surface area (Å²) in [7, 11) is 0. The van der Waals surface area contributed by atoms with E-state index in [2.05, 4.69) is 24.2 Å². The van der Waals surface area contributed by atoms with E-state index in [0.29, 0.717) is 13.1 Å². The zero-order valence-corrected chi connectivity index (χ0v) is 14.5. The van der Waals surface area contributed by atoms with Crippen LogP contribution >= 0.6 is 0 Å². The van der Waals surface area contributed by atoms with Crippen LogP contribution in [0.2, 0.25) is 0 Å². The Morgan fingerprint density at radius 3 is 2.40 bits per heavy atom. The number of amides is 1. The number of rotatable bonds is 7. The van der Waals surface area contributed by atoms with E-state index in [0.717, 1.165) is 29.7 Å². The number of aromatic nitrogens is 2. The molecular weight excluding hydrogens is 310 g/mol. The molecule has 0 saturated carbocycles. The van der Waals surface area contributed by atoms with E-state index in [1.165, 1.54) is 0 Å². The summed E-state index contributed by atoms with van der Waals surface area (Å²) in [5.41, 5.74) is 3.01. The number of benzene rings is 2. The molecule has 25 heavy (non-hydrogen) atoms. The van der Waals surface area contributed by atoms with Crippen molar-refractivity contribution in [3.8, 4) is 0 Å². The highest BCUT2D eigenvalue weighted by Gasteiger charge is 2.15. The van der Waals surface area contributed by atoms with E-state index in [1.54, 1.807) is 6.20 Å². The SMILES string of the molecule is CCCN(Cc1ccccc1)C(=O)c1ccc(Cn2cccn2)cc1. The maximum Gasteiger partial charge on any atom is 0.254 e. The molecule has 128 valence electrons. The van der Waals surface area contributed by atoms with Crippen molar-refractivity contribution in [2.75, 3.05) is 6.54 Å². The highest BCUT2D eigenvalue weighted by atomic mass is 16.2. The third-order valence-corrected chi connectivity index (χ3v) is 4.10. The summed E-state index contributed by atoms with van der Waals surface area (Å²) in [5, 5.41) is 4.21. The minimum Gasteiger partial charge on any atom is -0.334 e. The lowest BCUT2D eigenvalue weighted by Gasteiger charge is -2.22. The van der Waals surface area contributed by atoms with Gasteiger partial charge in [-0.25, -0.2) is 0 Å². The normalized spacial score (nSPS) is 10.6. The lowest BCUT2D eigenvalue weighted by atomic mass is 10.1. The molecule has 0 fully saturated rings. The van der Waals surface area contributed by atoms with E-state index in [1.807, 2.05) is 64.3 Å². The first-order valence-corrected chi connectivity index (χ1v) is 8.66. The van der Waals surface area contributed by atoms with Gasteiger partial charge in [0.1, 0.15) is 0 Å². The van der Waals surface area contributed by atoms with Crippen LogP contribution in [0.5, 0.6) is 0 Å². The average Bonchev–Trinajstić information content (AvgIpc) is 3.15. The summed E-state index contributed by atoms with van der Waals surface area (Å²) in [6, 6.07) is 19.9. The molecule has 3 rings (SSSR count). The maximum absolute atomic E-state index is 12.9. The van der Waals surface area contributed by atoms with Gasteiger partial charge in [0.2, 0.25) is 0 Å². The average molecular weight is 333 g/mol. The first-order valence-electron chi connectivity index (χ1n) is 8.66. The molecule has 3 aromatic rings. The first kappa shape index (κ1) is 17.0. The first-order chi connectivity index (χ1) is 12.3. The third-order valence-electron chi connectivity index (χ3n) is 4.10. The van der Waals surface area contributed by atoms with Crippen molar-refractivity contribution in [1.82, 2.24) is 14.7 Å². The Hall–Kier alpha value is -2.88. The molecule has 4 nitrogen and oxygen atoms in total. The number of hydrogen-bond acceptors (Lipinski definition) is 2. The molecule has 0 aliphatic carbocycles. The van der Waals surface area contributed by atoms with Gasteiger partial charge in [-0.15, -0.1) is 0 Å². The van der Waals surface area contributed by atoms with Crippen LogP contribution < -0.4 is 0 Å². The third kappa shape index (κ3) is 4.57. The van der Waals surface area contributed by atoms with Crippen LogP contribution in [0.3, 0.4) is 0 Å². The molecule has 4 heteroatoms. The van der Waals surface area contributed by atoms with Crippen molar-refractivity contribution in [3.63, 3.8) is 0 Å². The zero-order valence-electron chi connectivity index (χ0n) is 14.5. The van der Waals surface area contributed by atoms with Gasteiger partial charge >= 0.3 is 0 Å². The van der Waals surface area contributed by atoms with Gasteiger partial charge in [0.05, 0.1) is 6.54 Å². The quantitative estimate of drug-likeness (QED) is 0.656. The molecule has 1 heterocycles. The van der Waals surface area contributed by atoms with Gasteiger partial charge < -0.3 is 4.90 Å². The van der Waals surface area contributed by atoms with E-state index in [-0.39, 0.29) is 5.91 Å². The van der Waals surface area contributed by atoms with Gasteiger partial charge in [0.25, 0.3) is 5.91 Å². The minimum atomic E-state index is 0.0799. The molecule has 0 N–H and O–H groups in total. The van der Waals surface area contributed by atoms with Crippen LogP contribution in [0.25, 0.3) is 0 Å². The summed E-state index contributed by atoms with van der Waals surface area (Å²) in [5.74, 6) is 0.0799. The molecule has 0 atom stereocenters. The summed E-state index contributed by atoms with van der Waals surface area (Å²) >= 11 is 0. The predicted octanol–water partition coefficient (Wildman–Crippen LogP) is 3.98. The van der Waals surface area contributed by atoms with E-state index in [9.17, 15) is 4.79 Å². The van der Waals surface area contributed by atoms with Gasteiger partial charge in [0.15, 0.2) is 0 Å². The van der Waals surface area contributed by atoms with Crippen LogP contribution in [-0.2, 0) is 13.1 Å². The number of hydrogen-bond donors (Lipinski definition) is 0. The zero-order chi connectivity index (χ0) is 17.5. The fourth-order valence-corrected chi connectivity index (χ4v) is 2.84. The molecule has 0 spiro atoms. The molecule has 0 saturated heterocycles. The van der Waals surface area contributed by atoms with Crippen LogP contribution in [-0.4, -0.2) is 27.1 Å². The Kier molecular flexibility index (Phi) is 5.62. The topological polar surface area (TPSA) is 38.1 Å². The van der Waals surface area contributed by atoms with Gasteiger partial charge in [-0.1, -0.05) is 49.4 Å². The molecule has 0 unspecified atom stereocenters. The van der Waals surface area contributed by atoms with Crippen molar-refractivity contribution >= 4 is 5.91 Å². The minimum absolute atomic E-state index is 0.0799. The summed E-state index contributed by atoms with van der Waals surface area (Å²) < 4.78 is 1.87. The molecule has 2 aromatic carbocycles. The van der Waals surface area contributed by atoms with Crippen LogP contribution in [0.4, 0.5) is 0 Å². The van der Waals surface area contributed by atoms with Gasteiger partial charge in [-0.2, -0.15) is 5.10 Å². The second kappa shape index (κ2) is 8.29. The Bertz CT molecular complexity index is 780. The standard InChI is InChI=1S/C21H23N3O/c1-2-14-23(16-18-7-4-3-5-8-18)21(25)20-11-9-19(10-12-20)17-24-15-6-13-22-24/h3-13,15H,2,14,16-17H2,1H3. The smallest absolute Gasteiger partial charge is 0.254 e. The summed E-state index contributed by atoms with van der Waals surface area (Å²) in [6.07, 6.45) is 4.64. The fraction of sp³-hybridized carbons (Fsp3) is 0.238. The Balaban J connectivity index is 1.70. The van der Waals surface area contributed by atoms with Crippen molar-refractivity contribution in [1.29, 1.82) is 0 Å². The largest absolute Gasteiger partial charge is 0.334 e. The molecule has 0 aliphatic heterocycles. The fourth-order valence-electron chi connectivity index (χ4n) is 2.84. The number of carbonyl (C=O) groups excluding carboxylic acids is 1. The lowest BCUT2D eigenvalue weighted by Crippen LogP contribution is -2.31. The summed E-state index contributed by atoms with van der Waals surface area (Å²) in [4.78, 5) is 14.8. The Morgan fingerprint density at radius 2 is 1.76 bits per heavy atom. The molecule has 1 aromatic heterocycles. The predicted molar refractivity (Wildman–Crippen MR) is 99.2 cm³/mol. The van der Waals surface area contributed by atoms with Crippen LogP contribution in [0.1, 0.15) is 34.8 Å². The second-order valence-corrected chi connectivity index (χ2v) is 6.11. The summed E-state index contributed by atoms with van der Waals surface area (Å²) in [6.45, 7) is 4.20. The van der Waals surface area contributed by atoms with E-state index >= 15 is 0 Å². The van der Waals surface area contributed by atoms with Gasteiger partial charge in [-0.3, -0.25) is 9.48 Å². The van der Waals surface area contributed by atoms with Crippen LogP contribution in [0, 0.1) is 0 Å². The highest BCUT2D eigenvalue weighted by molar-refractivity contribution is 5.94. The maximum atomic E-state index is 12.9. The van der Waals surface area contributed by atoms with Crippen molar-refractivity contribution in [2.45, 2.75) is 26.4 Å². The van der Waals surface area contributed by atoms with Crippen LogP contribution in [0.15, 0.2) is 73.1 Å². The molecular formula is C21H23N3O. The second-order valence-electron chi connectivity index (χ2n) is 6.11.